The van der Waals surface area contributed by atoms with E-state index in [0.29, 0.717) is 25.3 Å². The highest BCUT2D eigenvalue weighted by molar-refractivity contribution is 9.11. The second kappa shape index (κ2) is 6.33. The fraction of sp³-hybridized carbons (Fsp3) is 0.231. The summed E-state index contributed by atoms with van der Waals surface area (Å²) in [5, 5.41) is 16.2. The molecule has 2 rings (SSSR count). The lowest BCUT2D eigenvalue weighted by atomic mass is 9.95. The number of phenolic OH excluding ortho intramolecular Hbond substituents is 1. The van der Waals surface area contributed by atoms with Crippen LogP contribution in [0.5, 0.6) is 5.75 Å². The minimum absolute atomic E-state index is 0.0931. The van der Waals surface area contributed by atoms with E-state index in [1.54, 1.807) is 19.1 Å². The molecule has 1 aliphatic rings. The van der Waals surface area contributed by atoms with Crippen LogP contribution in [0.4, 0.5) is 0 Å². The van der Waals surface area contributed by atoms with Crippen LogP contribution in [0.3, 0.4) is 0 Å². The fourth-order valence-corrected chi connectivity index (χ4v) is 3.57. The lowest BCUT2D eigenvalue weighted by molar-refractivity contribution is -0.136. The number of halogens is 2. The molecule has 0 saturated heterocycles. The number of esters is 1. The molecule has 1 aromatic carbocycles. The fourth-order valence-electron chi connectivity index (χ4n) is 2.08. The molecule has 1 unspecified atom stereocenters. The molecule has 1 heterocycles. The topological polar surface area (TPSA) is 70.6 Å². The maximum Gasteiger partial charge on any atom is 0.337 e. The molecule has 21 heavy (non-hydrogen) atoms. The zero-order valence-electron chi connectivity index (χ0n) is 11.2. The number of aromatic hydroxyl groups is 1. The van der Waals surface area contributed by atoms with Crippen LogP contribution >= 0.6 is 44.1 Å². The summed E-state index contributed by atoms with van der Waals surface area (Å²) >= 11 is 11.7. The van der Waals surface area contributed by atoms with Crippen molar-refractivity contribution in [2.75, 3.05) is 7.11 Å². The van der Waals surface area contributed by atoms with Gasteiger partial charge in [0.1, 0.15) is 5.75 Å². The van der Waals surface area contributed by atoms with E-state index in [4.69, 9.17) is 17.0 Å². The Kier molecular flexibility index (Phi) is 4.90. The highest BCUT2D eigenvalue weighted by Gasteiger charge is 2.31. The molecule has 0 aliphatic carbocycles. The Hall–Kier alpha value is -1.12. The van der Waals surface area contributed by atoms with Crippen LogP contribution in [0.1, 0.15) is 18.5 Å². The molecule has 0 aromatic heterocycles. The number of thiocarbonyl (C=S) groups is 1. The van der Waals surface area contributed by atoms with E-state index in [2.05, 4.69) is 42.5 Å². The van der Waals surface area contributed by atoms with Gasteiger partial charge in [0.05, 0.1) is 27.7 Å². The van der Waals surface area contributed by atoms with Crippen molar-refractivity contribution in [1.82, 2.24) is 10.6 Å². The summed E-state index contributed by atoms with van der Waals surface area (Å²) in [7, 11) is 1.33. The summed E-state index contributed by atoms with van der Waals surface area (Å²) in [6.07, 6.45) is 0. The van der Waals surface area contributed by atoms with Crippen LogP contribution < -0.4 is 10.6 Å². The van der Waals surface area contributed by atoms with Gasteiger partial charge in [0, 0.05) is 5.70 Å². The average Bonchev–Trinajstić information content (AvgIpc) is 2.42. The third-order valence-corrected chi connectivity index (χ3v) is 4.48. The number of carbonyl (C=O) groups excluding carboxylic acids is 1. The molecule has 1 atom stereocenters. The molecule has 0 saturated carbocycles. The minimum atomic E-state index is -0.459. The van der Waals surface area contributed by atoms with Gasteiger partial charge in [0.25, 0.3) is 0 Å². The second-order valence-corrected chi connectivity index (χ2v) is 6.51. The number of allylic oxidation sites excluding steroid dienone is 1. The van der Waals surface area contributed by atoms with Gasteiger partial charge in [-0.3, -0.25) is 0 Å². The van der Waals surface area contributed by atoms with E-state index >= 15 is 0 Å². The van der Waals surface area contributed by atoms with Crippen LogP contribution in [-0.2, 0) is 9.53 Å². The van der Waals surface area contributed by atoms with E-state index in [1.165, 1.54) is 7.11 Å². The Morgan fingerprint density at radius 2 is 1.95 bits per heavy atom. The van der Waals surface area contributed by atoms with Crippen LogP contribution in [0.15, 0.2) is 32.3 Å². The first-order chi connectivity index (χ1) is 9.85. The number of benzene rings is 1. The molecular formula is C13H12Br2N2O3S. The van der Waals surface area contributed by atoms with Crippen LogP contribution in [0.2, 0.25) is 0 Å². The maximum absolute atomic E-state index is 12.0. The van der Waals surface area contributed by atoms with Crippen molar-refractivity contribution in [2.24, 2.45) is 0 Å². The largest absolute Gasteiger partial charge is 0.506 e. The van der Waals surface area contributed by atoms with E-state index < -0.39 is 12.0 Å². The van der Waals surface area contributed by atoms with Crippen molar-refractivity contribution >= 4 is 55.2 Å². The van der Waals surface area contributed by atoms with Crippen LogP contribution in [-0.4, -0.2) is 23.3 Å². The normalized spacial score (nSPS) is 18.1. The highest BCUT2D eigenvalue weighted by Crippen LogP contribution is 2.37. The predicted molar refractivity (Wildman–Crippen MR) is 89.8 cm³/mol. The molecule has 1 aliphatic heterocycles. The third-order valence-electron chi connectivity index (χ3n) is 3.05. The van der Waals surface area contributed by atoms with Crippen molar-refractivity contribution in [2.45, 2.75) is 13.0 Å². The molecule has 112 valence electrons. The molecule has 3 N–H and O–H groups in total. The van der Waals surface area contributed by atoms with Crippen molar-refractivity contribution in [3.63, 3.8) is 0 Å². The predicted octanol–water partition coefficient (Wildman–Crippen LogP) is 2.88. The van der Waals surface area contributed by atoms with Crippen molar-refractivity contribution in [3.05, 3.63) is 37.9 Å². The average molecular weight is 436 g/mol. The Labute approximate surface area is 144 Å². The second-order valence-electron chi connectivity index (χ2n) is 4.39. The van der Waals surface area contributed by atoms with Crippen molar-refractivity contribution < 1.29 is 14.6 Å². The zero-order chi connectivity index (χ0) is 15.7. The van der Waals surface area contributed by atoms with Gasteiger partial charge >= 0.3 is 5.97 Å². The van der Waals surface area contributed by atoms with Gasteiger partial charge < -0.3 is 20.5 Å². The van der Waals surface area contributed by atoms with E-state index in [1.807, 2.05) is 0 Å². The number of ether oxygens (including phenoxy) is 1. The molecule has 8 heteroatoms. The van der Waals surface area contributed by atoms with Gasteiger partial charge in [-0.15, -0.1) is 0 Å². The monoisotopic (exact) mass is 434 g/mol. The number of nitrogens with one attached hydrogen (secondary N) is 2. The Morgan fingerprint density at radius 3 is 2.48 bits per heavy atom. The van der Waals surface area contributed by atoms with E-state index in [-0.39, 0.29) is 5.75 Å². The SMILES string of the molecule is COC(=O)C1=C(C)NC(=S)NC1c1cc(Br)c(O)c(Br)c1. The van der Waals surface area contributed by atoms with Crippen LogP contribution in [0.25, 0.3) is 0 Å². The van der Waals surface area contributed by atoms with Gasteiger partial charge in [-0.25, -0.2) is 4.79 Å². The molecule has 0 spiro atoms. The molecule has 1 aromatic rings. The summed E-state index contributed by atoms with van der Waals surface area (Å²) in [5.41, 5.74) is 1.83. The lowest BCUT2D eigenvalue weighted by Gasteiger charge is -2.29. The first-order valence-corrected chi connectivity index (χ1v) is 7.89. The molecule has 0 fully saturated rings. The number of methoxy groups -OCH3 is 1. The highest BCUT2D eigenvalue weighted by atomic mass is 79.9. The van der Waals surface area contributed by atoms with Gasteiger partial charge in [0.2, 0.25) is 0 Å². The summed E-state index contributed by atoms with van der Waals surface area (Å²) < 4.78 is 5.87. The summed E-state index contributed by atoms with van der Waals surface area (Å²) in [6.45, 7) is 1.76. The number of hydrogen-bond donors (Lipinski definition) is 3. The number of hydrogen-bond acceptors (Lipinski definition) is 4. The summed E-state index contributed by atoms with van der Waals surface area (Å²) in [5.74, 6) is -0.351. The molecular weight excluding hydrogens is 424 g/mol. The van der Waals surface area contributed by atoms with Crippen molar-refractivity contribution in [1.29, 1.82) is 0 Å². The number of rotatable bonds is 2. The van der Waals surface area contributed by atoms with Crippen LogP contribution in [0, 0.1) is 0 Å². The van der Waals surface area contributed by atoms with Crippen molar-refractivity contribution in [3.8, 4) is 5.75 Å². The number of phenols is 1. The Balaban J connectivity index is 2.56. The van der Waals surface area contributed by atoms with E-state index in [9.17, 15) is 9.90 Å². The quantitative estimate of drug-likeness (QED) is 0.490. The smallest absolute Gasteiger partial charge is 0.337 e. The number of carbonyl (C=O) groups is 1. The molecule has 0 bridgehead atoms. The van der Waals surface area contributed by atoms with Gasteiger partial charge in [-0.2, -0.15) is 0 Å². The van der Waals surface area contributed by atoms with Gasteiger partial charge in [0.15, 0.2) is 5.11 Å². The van der Waals surface area contributed by atoms with E-state index in [0.717, 1.165) is 5.56 Å². The van der Waals surface area contributed by atoms with Gasteiger partial charge in [-0.05, 0) is 68.7 Å². The molecule has 5 nitrogen and oxygen atoms in total. The summed E-state index contributed by atoms with van der Waals surface area (Å²) in [6, 6.07) is 2.99. The zero-order valence-corrected chi connectivity index (χ0v) is 15.1. The first kappa shape index (κ1) is 16.3. The first-order valence-electron chi connectivity index (χ1n) is 5.89. The standard InChI is InChI=1S/C13H12Br2N2O3S/c1-5-9(12(19)20-2)10(17-13(21)16-5)6-3-7(14)11(18)8(15)4-6/h3-4,10,18H,1-2H3,(H2,16,17,21). The van der Waals surface area contributed by atoms with Gasteiger partial charge in [-0.1, -0.05) is 0 Å². The molecule has 0 radical (unpaired) electrons. The minimum Gasteiger partial charge on any atom is -0.506 e. The Bertz CT molecular complexity index is 638. The third kappa shape index (κ3) is 3.22. The Morgan fingerprint density at radius 1 is 1.38 bits per heavy atom. The summed E-state index contributed by atoms with van der Waals surface area (Å²) in [4.78, 5) is 12.0. The maximum atomic E-state index is 12.0. The molecule has 0 amide bonds. The lowest BCUT2D eigenvalue weighted by Crippen LogP contribution is -2.45.